The van der Waals surface area contributed by atoms with Gasteiger partial charge in [0.25, 0.3) is 5.69 Å². The zero-order chi connectivity index (χ0) is 32.6. The highest BCUT2D eigenvalue weighted by molar-refractivity contribution is 7.80. The second-order valence-corrected chi connectivity index (χ2v) is 12.2. The Bertz CT molecular complexity index is 1780. The molecule has 2 atom stereocenters. The van der Waals surface area contributed by atoms with Crippen molar-refractivity contribution in [3.05, 3.63) is 99.6 Å². The smallest absolute Gasteiger partial charge is 0.296 e. The van der Waals surface area contributed by atoms with Crippen LogP contribution in [0.1, 0.15) is 55.5 Å². The van der Waals surface area contributed by atoms with Gasteiger partial charge in [0.1, 0.15) is 17.2 Å². The Hall–Kier alpha value is -4.97. The quantitative estimate of drug-likeness (QED) is 0.127. The van der Waals surface area contributed by atoms with E-state index in [1.54, 1.807) is 31.5 Å². The van der Waals surface area contributed by atoms with Crippen LogP contribution >= 0.6 is 12.2 Å². The number of thiocarbonyl (C=S) groups is 1. The average molecular weight is 629 g/mol. The summed E-state index contributed by atoms with van der Waals surface area (Å²) in [6.45, 7) is 9.39. The van der Waals surface area contributed by atoms with Crippen molar-refractivity contribution >= 4 is 40.3 Å². The minimum Gasteiger partial charge on any atom is -0.496 e. The molecule has 0 radical (unpaired) electrons. The lowest BCUT2D eigenvalue weighted by Crippen LogP contribution is -2.30. The molecule has 45 heavy (non-hydrogen) atoms. The monoisotopic (exact) mass is 628 g/mol. The molecular formula is C33H36N6O5S. The standard InChI is InChI=1S/C33H36N6O5S/c1-19-16-23(20(2)37(19)26-14-12-22(43-6)18-27(26)39(41)42)30-29(25-10-8-9-15-34-25)36-32(45)38(30)21-11-13-24(28(17-21)44-7)35-31(40)33(3,4)5/h8-18,29-30H,1-7H3,(H,35,40)(H,36,45)/t29-,30-/m0/s1. The summed E-state index contributed by atoms with van der Waals surface area (Å²) < 4.78 is 12.9. The number of carbonyl (C=O) groups excluding carboxylic acids is 1. The van der Waals surface area contributed by atoms with Gasteiger partial charge in [-0.3, -0.25) is 19.9 Å². The minimum absolute atomic E-state index is 0.0708. The molecule has 2 N–H and O–H groups in total. The van der Waals surface area contributed by atoms with Crippen LogP contribution in [0, 0.1) is 29.4 Å². The summed E-state index contributed by atoms with van der Waals surface area (Å²) in [4.78, 5) is 31.1. The van der Waals surface area contributed by atoms with Gasteiger partial charge in [0.2, 0.25) is 5.91 Å². The first-order valence-corrected chi connectivity index (χ1v) is 14.8. The lowest BCUT2D eigenvalue weighted by atomic mass is 9.95. The number of nitrogens with zero attached hydrogens (tertiary/aromatic N) is 4. The van der Waals surface area contributed by atoms with E-state index < -0.39 is 10.3 Å². The van der Waals surface area contributed by atoms with E-state index in [0.717, 1.165) is 28.3 Å². The molecule has 11 nitrogen and oxygen atoms in total. The molecule has 234 valence electrons. The largest absolute Gasteiger partial charge is 0.496 e. The highest BCUT2D eigenvalue weighted by atomic mass is 32.1. The molecule has 1 aliphatic heterocycles. The third kappa shape index (κ3) is 5.93. The van der Waals surface area contributed by atoms with Gasteiger partial charge in [0.15, 0.2) is 5.11 Å². The highest BCUT2D eigenvalue weighted by Gasteiger charge is 2.43. The third-order valence-corrected chi connectivity index (χ3v) is 8.21. The number of hydrogen-bond donors (Lipinski definition) is 2. The Morgan fingerprint density at radius 3 is 2.44 bits per heavy atom. The van der Waals surface area contributed by atoms with Crippen LogP contribution in [-0.4, -0.2) is 39.7 Å². The molecular weight excluding hydrogens is 592 g/mol. The normalized spacial score (nSPS) is 16.3. The van der Waals surface area contributed by atoms with Gasteiger partial charge in [-0.2, -0.15) is 0 Å². The number of carbonyl (C=O) groups is 1. The van der Waals surface area contributed by atoms with Crippen LogP contribution in [0.3, 0.4) is 0 Å². The summed E-state index contributed by atoms with van der Waals surface area (Å²) in [7, 11) is 3.03. The molecule has 4 aromatic rings. The van der Waals surface area contributed by atoms with Crippen molar-refractivity contribution in [1.29, 1.82) is 0 Å². The van der Waals surface area contributed by atoms with Crippen LogP contribution in [0.25, 0.3) is 5.69 Å². The van der Waals surface area contributed by atoms with Gasteiger partial charge < -0.3 is 29.6 Å². The number of nitrogens with one attached hydrogen (secondary N) is 2. The number of ether oxygens (including phenoxy) is 2. The molecule has 1 amide bonds. The van der Waals surface area contributed by atoms with E-state index in [9.17, 15) is 14.9 Å². The summed E-state index contributed by atoms with van der Waals surface area (Å²) in [5, 5.41) is 19.0. The van der Waals surface area contributed by atoms with Crippen LogP contribution in [0.2, 0.25) is 0 Å². The Balaban J connectivity index is 1.66. The summed E-state index contributed by atoms with van der Waals surface area (Å²) in [5.41, 5.74) is 4.36. The van der Waals surface area contributed by atoms with E-state index in [1.165, 1.54) is 13.2 Å². The van der Waals surface area contributed by atoms with Gasteiger partial charge in [-0.05, 0) is 74.1 Å². The SMILES string of the molecule is COc1ccc(-n2c(C)cc([C@H]3[C@H](c4ccccn4)NC(=S)N3c3ccc(NC(=O)C(C)(C)C)c(OC)c3)c2C)c([N+](=O)[O-])c1. The first-order valence-electron chi connectivity index (χ1n) is 14.4. The van der Waals surface area contributed by atoms with Crippen molar-refractivity contribution < 1.29 is 19.2 Å². The van der Waals surface area contributed by atoms with Crippen molar-refractivity contribution in [3.8, 4) is 17.2 Å². The second-order valence-electron chi connectivity index (χ2n) is 11.9. The molecule has 2 aromatic carbocycles. The summed E-state index contributed by atoms with van der Waals surface area (Å²) in [5.74, 6) is 0.739. The van der Waals surface area contributed by atoms with Gasteiger partial charge in [-0.25, -0.2) is 0 Å². The van der Waals surface area contributed by atoms with Crippen molar-refractivity contribution in [2.45, 2.75) is 46.7 Å². The fraction of sp³-hybridized carbons (Fsp3) is 0.303. The molecule has 1 saturated heterocycles. The van der Waals surface area contributed by atoms with Crippen LogP contribution in [0.5, 0.6) is 11.5 Å². The number of rotatable bonds is 8. The van der Waals surface area contributed by atoms with Gasteiger partial charge in [-0.15, -0.1) is 0 Å². The number of benzene rings is 2. The van der Waals surface area contributed by atoms with E-state index in [2.05, 4.69) is 15.6 Å². The first-order chi connectivity index (χ1) is 21.3. The minimum atomic E-state index is -0.591. The molecule has 0 aliphatic carbocycles. The number of anilines is 2. The zero-order valence-electron chi connectivity index (χ0n) is 26.2. The number of amides is 1. The molecule has 1 fully saturated rings. The number of methoxy groups -OCH3 is 2. The van der Waals surface area contributed by atoms with Crippen LogP contribution in [0.15, 0.2) is 66.9 Å². The number of aryl methyl sites for hydroxylation is 1. The van der Waals surface area contributed by atoms with E-state index in [-0.39, 0.29) is 23.7 Å². The third-order valence-electron chi connectivity index (χ3n) is 7.90. The lowest BCUT2D eigenvalue weighted by Gasteiger charge is -2.29. The molecule has 0 saturated carbocycles. The van der Waals surface area contributed by atoms with Crippen LogP contribution in [-0.2, 0) is 4.79 Å². The van der Waals surface area contributed by atoms with Gasteiger partial charge in [-0.1, -0.05) is 26.8 Å². The predicted molar refractivity (Wildman–Crippen MR) is 177 cm³/mol. The Labute approximate surface area is 267 Å². The molecule has 0 bridgehead atoms. The Morgan fingerprint density at radius 1 is 1.07 bits per heavy atom. The van der Waals surface area contributed by atoms with Gasteiger partial charge in [0.05, 0.1) is 48.7 Å². The summed E-state index contributed by atoms with van der Waals surface area (Å²) in [6.07, 6.45) is 1.74. The van der Waals surface area contributed by atoms with E-state index in [1.807, 2.05) is 80.5 Å². The fourth-order valence-electron chi connectivity index (χ4n) is 5.62. The fourth-order valence-corrected chi connectivity index (χ4v) is 5.96. The lowest BCUT2D eigenvalue weighted by molar-refractivity contribution is -0.384. The van der Waals surface area contributed by atoms with Crippen molar-refractivity contribution in [1.82, 2.24) is 14.9 Å². The van der Waals surface area contributed by atoms with Crippen molar-refractivity contribution in [2.75, 3.05) is 24.4 Å². The van der Waals surface area contributed by atoms with E-state index in [0.29, 0.717) is 28.0 Å². The molecule has 12 heteroatoms. The van der Waals surface area contributed by atoms with E-state index in [4.69, 9.17) is 21.7 Å². The van der Waals surface area contributed by atoms with Gasteiger partial charge >= 0.3 is 0 Å². The number of pyridine rings is 1. The van der Waals surface area contributed by atoms with Crippen molar-refractivity contribution in [3.63, 3.8) is 0 Å². The summed E-state index contributed by atoms with van der Waals surface area (Å²) >= 11 is 5.93. The Kier molecular flexibility index (Phi) is 8.53. The molecule has 0 unspecified atom stereocenters. The molecule has 2 aromatic heterocycles. The number of nitro groups is 1. The number of aromatic nitrogens is 2. The Morgan fingerprint density at radius 2 is 1.82 bits per heavy atom. The number of hydrogen-bond acceptors (Lipinski definition) is 7. The van der Waals surface area contributed by atoms with Crippen molar-refractivity contribution in [2.24, 2.45) is 5.41 Å². The molecule has 0 spiro atoms. The second kappa shape index (κ2) is 12.2. The maximum Gasteiger partial charge on any atom is 0.296 e. The van der Waals surface area contributed by atoms with E-state index >= 15 is 0 Å². The maximum absolute atomic E-state index is 12.8. The summed E-state index contributed by atoms with van der Waals surface area (Å²) in [6, 6.07) is 17.4. The molecule has 5 rings (SSSR count). The predicted octanol–water partition coefficient (Wildman–Crippen LogP) is 6.58. The van der Waals surface area contributed by atoms with Gasteiger partial charge in [0, 0.05) is 34.8 Å². The van der Waals surface area contributed by atoms with Crippen LogP contribution < -0.4 is 25.0 Å². The topological polar surface area (TPSA) is 124 Å². The van der Waals surface area contributed by atoms with Crippen LogP contribution in [0.4, 0.5) is 17.1 Å². The average Bonchev–Trinajstić information content (AvgIpc) is 3.51. The molecule has 1 aliphatic rings. The maximum atomic E-state index is 12.8. The number of nitro benzene ring substituents is 1. The molecule has 3 heterocycles. The first kappa shape index (κ1) is 31.5. The highest BCUT2D eigenvalue weighted by Crippen LogP contribution is 2.45. The zero-order valence-corrected chi connectivity index (χ0v) is 27.1.